The smallest absolute Gasteiger partial charge is 0.258 e. The molecule has 4 rings (SSSR count). The number of pyridine rings is 1. The van der Waals surface area contributed by atoms with E-state index in [1.165, 1.54) is 12.3 Å². The van der Waals surface area contributed by atoms with E-state index in [1.54, 1.807) is 48.5 Å². The summed E-state index contributed by atoms with van der Waals surface area (Å²) in [5.74, 6) is -2.74. The van der Waals surface area contributed by atoms with E-state index in [2.05, 4.69) is 4.98 Å². The van der Waals surface area contributed by atoms with Gasteiger partial charge in [0.25, 0.3) is 5.91 Å². The van der Waals surface area contributed by atoms with Gasteiger partial charge >= 0.3 is 0 Å². The number of fused-ring (bicyclic) bond motifs is 1. The zero-order valence-corrected chi connectivity index (χ0v) is 15.9. The van der Waals surface area contributed by atoms with Crippen molar-refractivity contribution >= 4 is 39.6 Å². The van der Waals surface area contributed by atoms with E-state index >= 15 is 0 Å². The minimum absolute atomic E-state index is 0.00112. The molecule has 2 aliphatic rings. The number of rotatable bonds is 4. The molecule has 1 fully saturated rings. The van der Waals surface area contributed by atoms with Crippen LogP contribution in [0.1, 0.15) is 5.69 Å². The standard InChI is InChI=1S/C19H14N2O5S2/c22-17-14(10-12-6-4-5-9-20-12)18-21(17)16(19(23)24)15(11-28(18,25)26)27-13-7-2-1-3-8-13/h1-10,18H,11H2,(H,23,24)/p-1/b14-10-/t18-/m1/s1. The molecule has 9 heteroatoms. The maximum Gasteiger partial charge on any atom is 0.258 e. The van der Waals surface area contributed by atoms with Crippen LogP contribution < -0.4 is 5.11 Å². The van der Waals surface area contributed by atoms with E-state index in [1.807, 2.05) is 0 Å². The first-order valence-electron chi connectivity index (χ1n) is 8.23. The van der Waals surface area contributed by atoms with Gasteiger partial charge in [-0.15, -0.1) is 0 Å². The largest absolute Gasteiger partial charge is 0.543 e. The molecule has 0 bridgehead atoms. The number of benzene rings is 1. The lowest BCUT2D eigenvalue weighted by Crippen LogP contribution is -2.63. The second-order valence-corrected chi connectivity index (χ2v) is 9.39. The number of β-lactam (4-membered cyclic amide) rings is 1. The summed E-state index contributed by atoms with van der Waals surface area (Å²) in [4.78, 5) is 30.0. The van der Waals surface area contributed by atoms with Crippen molar-refractivity contribution in [3.63, 3.8) is 0 Å². The molecule has 0 spiro atoms. The van der Waals surface area contributed by atoms with Crippen molar-refractivity contribution in [2.24, 2.45) is 0 Å². The molecule has 1 saturated heterocycles. The van der Waals surface area contributed by atoms with Crippen LogP contribution in [-0.2, 0) is 19.4 Å². The zero-order valence-electron chi connectivity index (χ0n) is 14.3. The van der Waals surface area contributed by atoms with Gasteiger partial charge in [0, 0.05) is 16.0 Å². The van der Waals surface area contributed by atoms with Crippen LogP contribution in [0.15, 0.2) is 75.8 Å². The molecule has 0 radical (unpaired) electrons. The molecule has 2 aromatic rings. The van der Waals surface area contributed by atoms with Gasteiger partial charge in [-0.25, -0.2) is 8.42 Å². The fourth-order valence-corrected chi connectivity index (χ4v) is 6.46. The summed E-state index contributed by atoms with van der Waals surface area (Å²) in [6.45, 7) is 0. The Bertz CT molecular complexity index is 1130. The first kappa shape index (κ1) is 18.5. The minimum Gasteiger partial charge on any atom is -0.543 e. The lowest BCUT2D eigenvalue weighted by molar-refractivity contribution is -0.301. The molecule has 0 aliphatic carbocycles. The lowest BCUT2D eigenvalue weighted by Gasteiger charge is -2.46. The number of carboxylic acids is 1. The summed E-state index contributed by atoms with van der Waals surface area (Å²) in [5.41, 5.74) is 0.0298. The van der Waals surface area contributed by atoms with Crippen molar-refractivity contribution < 1.29 is 23.1 Å². The van der Waals surface area contributed by atoms with E-state index in [-0.39, 0.29) is 10.5 Å². The van der Waals surface area contributed by atoms with Crippen LogP contribution in [0.4, 0.5) is 0 Å². The second-order valence-electron chi connectivity index (χ2n) is 6.16. The summed E-state index contributed by atoms with van der Waals surface area (Å²) >= 11 is 1.00. The second kappa shape index (κ2) is 6.92. The molecule has 2 aliphatic heterocycles. The maximum atomic E-state index is 12.8. The van der Waals surface area contributed by atoms with Crippen molar-refractivity contribution in [3.05, 3.63) is 76.6 Å². The number of amides is 1. The highest BCUT2D eigenvalue weighted by molar-refractivity contribution is 8.04. The normalized spacial score (nSPS) is 22.0. The van der Waals surface area contributed by atoms with E-state index in [0.29, 0.717) is 10.6 Å². The number of hydrogen-bond donors (Lipinski definition) is 0. The molecule has 0 N–H and O–H groups in total. The minimum atomic E-state index is -3.82. The predicted molar refractivity (Wildman–Crippen MR) is 101 cm³/mol. The number of aromatic nitrogens is 1. The number of hydrogen-bond acceptors (Lipinski definition) is 7. The fourth-order valence-electron chi connectivity index (χ4n) is 3.14. The van der Waals surface area contributed by atoms with Gasteiger partial charge in [-0.3, -0.25) is 14.7 Å². The van der Waals surface area contributed by atoms with Gasteiger partial charge in [0.15, 0.2) is 15.2 Å². The Morgan fingerprint density at radius 3 is 2.54 bits per heavy atom. The van der Waals surface area contributed by atoms with E-state index < -0.39 is 38.5 Å². The monoisotopic (exact) mass is 413 g/mol. The molecule has 1 aromatic heterocycles. The third-order valence-corrected chi connectivity index (χ3v) is 7.42. The van der Waals surface area contributed by atoms with Crippen LogP contribution in [0.5, 0.6) is 0 Å². The van der Waals surface area contributed by atoms with Crippen LogP contribution in [0.3, 0.4) is 0 Å². The van der Waals surface area contributed by atoms with Crippen molar-refractivity contribution in [1.82, 2.24) is 9.88 Å². The van der Waals surface area contributed by atoms with Gasteiger partial charge in [-0.2, -0.15) is 0 Å². The Morgan fingerprint density at radius 2 is 1.89 bits per heavy atom. The molecule has 0 saturated carbocycles. The highest BCUT2D eigenvalue weighted by Gasteiger charge is 2.55. The summed E-state index contributed by atoms with van der Waals surface area (Å²) in [6, 6.07) is 13.8. The Hall–Kier alpha value is -2.91. The molecule has 1 aromatic carbocycles. The first-order valence-corrected chi connectivity index (χ1v) is 10.8. The van der Waals surface area contributed by atoms with Gasteiger partial charge in [-0.1, -0.05) is 36.0 Å². The molecule has 142 valence electrons. The molecule has 28 heavy (non-hydrogen) atoms. The molecule has 1 atom stereocenters. The molecule has 0 unspecified atom stereocenters. The Labute approximate surface area is 165 Å². The summed E-state index contributed by atoms with van der Waals surface area (Å²) < 4.78 is 25.7. The van der Waals surface area contributed by atoms with Gasteiger partial charge in [-0.05, 0) is 30.3 Å². The molecule has 1 amide bonds. The SMILES string of the molecule is O=C([O-])C1=C(Sc2ccccc2)CS(=O)(=O)[C@@H]2/C(=C\c3ccccn3)C(=O)N12. The summed E-state index contributed by atoms with van der Waals surface area (Å²) in [5, 5.41) is 10.4. The Balaban J connectivity index is 1.77. The predicted octanol–water partition coefficient (Wildman–Crippen LogP) is 0.816. The third-order valence-electron chi connectivity index (χ3n) is 4.31. The van der Waals surface area contributed by atoms with Crippen molar-refractivity contribution in [2.75, 3.05) is 5.75 Å². The highest BCUT2D eigenvalue weighted by atomic mass is 32.2. The molecule has 3 heterocycles. The van der Waals surface area contributed by atoms with Gasteiger partial charge in [0.2, 0.25) is 0 Å². The summed E-state index contributed by atoms with van der Waals surface area (Å²) in [7, 11) is -3.82. The highest BCUT2D eigenvalue weighted by Crippen LogP contribution is 2.44. The number of carboxylic acid groups (broad SMARTS) is 1. The van der Waals surface area contributed by atoms with Crippen LogP contribution in [0.25, 0.3) is 6.08 Å². The lowest BCUT2D eigenvalue weighted by atomic mass is 10.0. The molecular weight excluding hydrogens is 400 g/mol. The number of nitrogens with zero attached hydrogens (tertiary/aromatic N) is 2. The van der Waals surface area contributed by atoms with E-state index in [4.69, 9.17) is 0 Å². The van der Waals surface area contributed by atoms with Crippen molar-refractivity contribution in [1.29, 1.82) is 0 Å². The van der Waals surface area contributed by atoms with Crippen molar-refractivity contribution in [3.8, 4) is 0 Å². The summed E-state index contributed by atoms with van der Waals surface area (Å²) in [6.07, 6.45) is 2.90. The first-order chi connectivity index (χ1) is 13.4. The Kier molecular flexibility index (Phi) is 4.56. The average molecular weight is 413 g/mol. The van der Waals surface area contributed by atoms with Crippen LogP contribution in [-0.4, -0.2) is 41.3 Å². The molecule has 7 nitrogen and oxygen atoms in total. The number of carbonyl (C=O) groups is 2. The Morgan fingerprint density at radius 1 is 1.18 bits per heavy atom. The van der Waals surface area contributed by atoms with Gasteiger partial charge in [0.05, 0.1) is 28.7 Å². The van der Waals surface area contributed by atoms with Crippen LogP contribution >= 0.6 is 11.8 Å². The number of thioether (sulfide) groups is 1. The van der Waals surface area contributed by atoms with Crippen molar-refractivity contribution in [2.45, 2.75) is 10.3 Å². The van der Waals surface area contributed by atoms with E-state index in [9.17, 15) is 23.1 Å². The van der Waals surface area contributed by atoms with Gasteiger partial charge < -0.3 is 9.90 Å². The van der Waals surface area contributed by atoms with Gasteiger partial charge in [0.1, 0.15) is 0 Å². The number of carbonyl (C=O) groups excluding carboxylic acids is 2. The molecular formula is C19H13N2O5S2-. The van der Waals surface area contributed by atoms with E-state index in [0.717, 1.165) is 16.7 Å². The maximum absolute atomic E-state index is 12.8. The third kappa shape index (κ3) is 3.12. The topological polar surface area (TPSA) is 107 Å². The average Bonchev–Trinajstić information content (AvgIpc) is 2.66. The zero-order chi connectivity index (χ0) is 19.9. The quantitative estimate of drug-likeness (QED) is 0.539. The number of sulfone groups is 1. The number of aliphatic carboxylic acids is 1. The van der Waals surface area contributed by atoms with Crippen LogP contribution in [0, 0.1) is 0 Å². The van der Waals surface area contributed by atoms with Crippen LogP contribution in [0.2, 0.25) is 0 Å². The fraction of sp³-hybridized carbons (Fsp3) is 0.105.